The fourth-order valence-corrected chi connectivity index (χ4v) is 0.552. The van der Waals surface area contributed by atoms with Gasteiger partial charge < -0.3 is 14.6 Å². The van der Waals surface area contributed by atoms with Crippen molar-refractivity contribution in [3.63, 3.8) is 0 Å². The second kappa shape index (κ2) is 9.98. The van der Waals surface area contributed by atoms with Gasteiger partial charge in [-0.2, -0.15) is 0 Å². The number of carboxylic acids is 1. The van der Waals surface area contributed by atoms with Gasteiger partial charge in [0.25, 0.3) is 0 Å². The molecule has 1 unspecified atom stereocenters. The summed E-state index contributed by atoms with van der Waals surface area (Å²) in [6.45, 7) is 5.22. The summed E-state index contributed by atoms with van der Waals surface area (Å²) in [7, 11) is 1.57. The molecule has 5 heteroatoms. The summed E-state index contributed by atoms with van der Waals surface area (Å²) in [5.41, 5.74) is 0. The van der Waals surface area contributed by atoms with Crippen LogP contribution in [0.3, 0.4) is 0 Å². The van der Waals surface area contributed by atoms with Gasteiger partial charge in [0.1, 0.15) is 6.10 Å². The van der Waals surface area contributed by atoms with E-state index in [1.165, 1.54) is 6.92 Å². The number of hydrogen-bond acceptors (Lipinski definition) is 4. The molecule has 84 valence electrons. The summed E-state index contributed by atoms with van der Waals surface area (Å²) >= 11 is 0. The molecule has 0 amide bonds. The fraction of sp³-hybridized carbons (Fsp3) is 0.778. The van der Waals surface area contributed by atoms with E-state index in [1.54, 1.807) is 21.0 Å². The first kappa shape index (κ1) is 15.4. The van der Waals surface area contributed by atoms with Crippen LogP contribution in [-0.4, -0.2) is 36.9 Å². The third-order valence-corrected chi connectivity index (χ3v) is 1.07. The number of carbonyl (C=O) groups is 2. The molecule has 14 heavy (non-hydrogen) atoms. The zero-order valence-corrected chi connectivity index (χ0v) is 9.07. The van der Waals surface area contributed by atoms with E-state index >= 15 is 0 Å². The molecule has 0 radical (unpaired) electrons. The topological polar surface area (TPSA) is 72.8 Å². The standard InChI is InChI=1S/C6H12O3.C3H6O2/c1-5(4-8-3)9-6(2)7;1-2-3(4)5/h5H,4H2,1-3H3;2H2,1H3,(H,4,5). The predicted octanol–water partition coefficient (Wildman–Crippen LogP) is 1.07. The van der Waals surface area contributed by atoms with Crippen molar-refractivity contribution >= 4 is 11.9 Å². The van der Waals surface area contributed by atoms with Gasteiger partial charge in [-0.3, -0.25) is 9.59 Å². The SMILES string of the molecule is CCC(=O)O.COCC(C)OC(C)=O. The lowest BCUT2D eigenvalue weighted by Gasteiger charge is -2.08. The van der Waals surface area contributed by atoms with E-state index in [0.29, 0.717) is 6.61 Å². The molecule has 1 atom stereocenters. The zero-order chi connectivity index (χ0) is 11.6. The van der Waals surface area contributed by atoms with Gasteiger partial charge in [-0.1, -0.05) is 6.92 Å². The van der Waals surface area contributed by atoms with Crippen LogP contribution in [0.25, 0.3) is 0 Å². The van der Waals surface area contributed by atoms with Crippen molar-refractivity contribution in [2.24, 2.45) is 0 Å². The molecule has 1 N–H and O–H groups in total. The fourth-order valence-electron chi connectivity index (χ4n) is 0.552. The minimum atomic E-state index is -0.745. The Morgan fingerprint density at radius 1 is 1.43 bits per heavy atom. The van der Waals surface area contributed by atoms with Crippen LogP contribution < -0.4 is 0 Å². The van der Waals surface area contributed by atoms with Crippen molar-refractivity contribution in [2.75, 3.05) is 13.7 Å². The Bertz CT molecular complexity index is 167. The first-order chi connectivity index (χ1) is 6.43. The van der Waals surface area contributed by atoms with E-state index in [1.807, 2.05) is 0 Å². The Kier molecular flexibility index (Phi) is 11.0. The molecule has 0 aromatic carbocycles. The smallest absolute Gasteiger partial charge is 0.303 e. The number of carboxylic acid groups (broad SMARTS) is 1. The van der Waals surface area contributed by atoms with Gasteiger partial charge in [-0.05, 0) is 6.92 Å². The number of methoxy groups -OCH3 is 1. The van der Waals surface area contributed by atoms with Crippen LogP contribution in [0.15, 0.2) is 0 Å². The zero-order valence-electron chi connectivity index (χ0n) is 9.07. The lowest BCUT2D eigenvalue weighted by Crippen LogP contribution is -2.17. The van der Waals surface area contributed by atoms with E-state index in [-0.39, 0.29) is 18.5 Å². The Labute approximate surface area is 84.0 Å². The lowest BCUT2D eigenvalue weighted by atomic mass is 10.4. The molecule has 5 nitrogen and oxygen atoms in total. The predicted molar refractivity (Wildman–Crippen MR) is 51.0 cm³/mol. The van der Waals surface area contributed by atoms with Crippen LogP contribution in [0.1, 0.15) is 27.2 Å². The van der Waals surface area contributed by atoms with Crippen LogP contribution in [0.4, 0.5) is 0 Å². The molecule has 0 aromatic rings. The Balaban J connectivity index is 0. The highest BCUT2D eigenvalue weighted by molar-refractivity contribution is 5.66. The maximum Gasteiger partial charge on any atom is 0.303 e. The Morgan fingerprint density at radius 3 is 2.07 bits per heavy atom. The van der Waals surface area contributed by atoms with E-state index in [4.69, 9.17) is 14.6 Å². The van der Waals surface area contributed by atoms with Crippen molar-refractivity contribution in [3.05, 3.63) is 0 Å². The molecule has 0 fully saturated rings. The molecule has 0 aromatic heterocycles. The first-order valence-corrected chi connectivity index (χ1v) is 4.31. The van der Waals surface area contributed by atoms with Crippen molar-refractivity contribution < 1.29 is 24.2 Å². The highest BCUT2D eigenvalue weighted by Gasteiger charge is 2.02. The first-order valence-electron chi connectivity index (χ1n) is 4.31. The van der Waals surface area contributed by atoms with Gasteiger partial charge in [0.05, 0.1) is 6.61 Å². The monoisotopic (exact) mass is 206 g/mol. The lowest BCUT2D eigenvalue weighted by molar-refractivity contribution is -0.147. The summed E-state index contributed by atoms with van der Waals surface area (Å²) in [6.07, 6.45) is 0.0903. The van der Waals surface area contributed by atoms with Crippen LogP contribution in [0.5, 0.6) is 0 Å². The summed E-state index contributed by atoms with van der Waals surface area (Å²) in [4.78, 5) is 19.6. The highest BCUT2D eigenvalue weighted by Crippen LogP contribution is 1.90. The number of hydrogen-bond donors (Lipinski definition) is 1. The second-order valence-electron chi connectivity index (χ2n) is 2.62. The summed E-state index contributed by atoms with van der Waals surface area (Å²) in [5, 5.41) is 7.72. The van der Waals surface area contributed by atoms with Crippen molar-refractivity contribution in [2.45, 2.75) is 33.3 Å². The maximum atomic E-state index is 10.3. The molecular formula is C9H18O5. The van der Waals surface area contributed by atoms with Crippen molar-refractivity contribution in [1.29, 1.82) is 0 Å². The highest BCUT2D eigenvalue weighted by atomic mass is 16.6. The Hall–Kier alpha value is -1.10. The number of ether oxygens (including phenoxy) is 2. The molecule has 0 spiro atoms. The van der Waals surface area contributed by atoms with Gasteiger partial charge in [0, 0.05) is 20.5 Å². The average Bonchev–Trinajstić information content (AvgIpc) is 2.04. The van der Waals surface area contributed by atoms with Gasteiger partial charge in [-0.25, -0.2) is 0 Å². The van der Waals surface area contributed by atoms with Crippen molar-refractivity contribution in [1.82, 2.24) is 0 Å². The number of rotatable bonds is 4. The number of esters is 1. The van der Waals surface area contributed by atoms with E-state index in [9.17, 15) is 9.59 Å². The van der Waals surface area contributed by atoms with Gasteiger partial charge >= 0.3 is 11.9 Å². The largest absolute Gasteiger partial charge is 0.481 e. The Morgan fingerprint density at radius 2 is 1.86 bits per heavy atom. The van der Waals surface area contributed by atoms with Crippen LogP contribution in [0, 0.1) is 0 Å². The van der Waals surface area contributed by atoms with E-state index in [2.05, 4.69) is 0 Å². The van der Waals surface area contributed by atoms with Crippen LogP contribution in [0.2, 0.25) is 0 Å². The third kappa shape index (κ3) is 17.1. The second-order valence-corrected chi connectivity index (χ2v) is 2.62. The molecule has 0 aliphatic rings. The molecular weight excluding hydrogens is 188 g/mol. The minimum Gasteiger partial charge on any atom is -0.481 e. The summed E-state index contributed by atoms with van der Waals surface area (Å²) < 4.78 is 9.45. The van der Waals surface area contributed by atoms with Crippen LogP contribution >= 0.6 is 0 Å². The summed E-state index contributed by atoms with van der Waals surface area (Å²) in [5.74, 6) is -1.01. The minimum absolute atomic E-state index is 0.132. The van der Waals surface area contributed by atoms with E-state index in [0.717, 1.165) is 0 Å². The molecule has 0 rings (SSSR count). The summed E-state index contributed by atoms with van der Waals surface area (Å²) in [6, 6.07) is 0. The molecule has 0 saturated carbocycles. The number of carbonyl (C=O) groups excluding carboxylic acids is 1. The molecule has 0 saturated heterocycles. The molecule has 0 aliphatic heterocycles. The molecule has 0 aliphatic carbocycles. The van der Waals surface area contributed by atoms with Gasteiger partial charge in [0.2, 0.25) is 0 Å². The normalized spacial score (nSPS) is 10.9. The number of aliphatic carboxylic acids is 1. The van der Waals surface area contributed by atoms with Crippen molar-refractivity contribution in [3.8, 4) is 0 Å². The van der Waals surface area contributed by atoms with Gasteiger partial charge in [0.15, 0.2) is 0 Å². The maximum absolute atomic E-state index is 10.3. The molecule has 0 bridgehead atoms. The molecule has 0 heterocycles. The van der Waals surface area contributed by atoms with Gasteiger partial charge in [-0.15, -0.1) is 0 Å². The quantitative estimate of drug-likeness (QED) is 0.696. The van der Waals surface area contributed by atoms with E-state index < -0.39 is 5.97 Å². The van der Waals surface area contributed by atoms with Crippen LogP contribution in [-0.2, 0) is 19.1 Å². The average molecular weight is 206 g/mol. The third-order valence-electron chi connectivity index (χ3n) is 1.07.